The lowest BCUT2D eigenvalue weighted by Crippen LogP contribution is -3.00. The number of carbonyl (C=O) groups is 1. The number of nitrogens with zero attached hydrogens (tertiary/aromatic N) is 1. The molecule has 0 amide bonds. The van der Waals surface area contributed by atoms with Gasteiger partial charge in [-0.25, -0.2) is 4.79 Å². The molecule has 0 fully saturated rings. The summed E-state index contributed by atoms with van der Waals surface area (Å²) in [5, 5.41) is 0. The van der Waals surface area contributed by atoms with Gasteiger partial charge in [0.05, 0.1) is 0 Å². The third-order valence-corrected chi connectivity index (χ3v) is 3.33. The molecule has 2 rings (SSSR count). The van der Waals surface area contributed by atoms with Crippen molar-refractivity contribution in [3.63, 3.8) is 0 Å². The second-order valence-corrected chi connectivity index (χ2v) is 4.68. The molecule has 0 aliphatic heterocycles. The lowest BCUT2D eigenvalue weighted by molar-refractivity contribution is -0.655. The highest BCUT2D eigenvalue weighted by atomic mass is 79.9. The monoisotopic (exact) mass is 327 g/mol. The molecule has 0 aliphatic rings. The molecule has 1 aromatic carbocycles. The van der Waals surface area contributed by atoms with Crippen LogP contribution in [0.5, 0.6) is 0 Å². The van der Waals surface area contributed by atoms with E-state index in [1.807, 2.05) is 22.2 Å². The number of hydrogen-bond donors (Lipinski definition) is 0. The van der Waals surface area contributed by atoms with Crippen LogP contribution in [0.4, 0.5) is 0 Å². The lowest BCUT2D eigenvalue weighted by Gasteiger charge is -1.97. The van der Waals surface area contributed by atoms with Crippen LogP contribution in [0.1, 0.15) is 5.56 Å². The zero-order chi connectivity index (χ0) is 12.3. The molecule has 1 aromatic heterocycles. The summed E-state index contributed by atoms with van der Waals surface area (Å²) in [4.78, 5) is 11.5. The Kier molecular flexibility index (Phi) is 5.50. The third kappa shape index (κ3) is 3.40. The van der Waals surface area contributed by atoms with Crippen molar-refractivity contribution in [1.29, 1.82) is 0 Å². The van der Waals surface area contributed by atoms with Crippen LogP contribution in [-0.2, 0) is 16.1 Å². The van der Waals surface area contributed by atoms with Crippen LogP contribution in [0.25, 0.3) is 10.2 Å². The Labute approximate surface area is 120 Å². The molecule has 0 spiro atoms. The first-order valence-corrected chi connectivity index (χ1v) is 6.22. The van der Waals surface area contributed by atoms with Crippen molar-refractivity contribution in [2.75, 3.05) is 6.61 Å². The number of thiazole rings is 1. The minimum absolute atomic E-state index is 0. The van der Waals surface area contributed by atoms with E-state index >= 15 is 0 Å². The van der Waals surface area contributed by atoms with Crippen LogP contribution < -0.4 is 21.5 Å². The fourth-order valence-corrected chi connectivity index (χ4v) is 2.58. The molecule has 18 heavy (non-hydrogen) atoms. The number of esters is 1. The van der Waals surface area contributed by atoms with Crippen molar-refractivity contribution in [2.24, 2.45) is 0 Å². The number of ether oxygens (including phenoxy) is 1. The predicted molar refractivity (Wildman–Crippen MR) is 67.9 cm³/mol. The number of halogens is 1. The number of fused-ring (bicyclic) bond motifs is 1. The second-order valence-electron chi connectivity index (χ2n) is 3.79. The first-order chi connectivity index (χ1) is 8.20. The molecular formula is C13H14BrNO2S. The minimum Gasteiger partial charge on any atom is -1.00 e. The Morgan fingerprint density at radius 3 is 3.06 bits per heavy atom. The molecule has 0 atom stereocenters. The summed E-state index contributed by atoms with van der Waals surface area (Å²) in [6, 6.07) is 6.19. The number of carbonyl (C=O) groups excluding carboxylic acids is 1. The number of hydrogen-bond acceptors (Lipinski definition) is 3. The SMILES string of the molecule is C=CCOC(=O)C[n+]1csc2cc(C)ccc21.[Br-]. The molecular weight excluding hydrogens is 314 g/mol. The highest BCUT2D eigenvalue weighted by molar-refractivity contribution is 7.16. The van der Waals surface area contributed by atoms with Gasteiger partial charge in [0, 0.05) is 6.07 Å². The summed E-state index contributed by atoms with van der Waals surface area (Å²) < 4.78 is 8.05. The molecule has 0 saturated heterocycles. The third-order valence-electron chi connectivity index (χ3n) is 2.39. The Morgan fingerprint density at radius 2 is 2.33 bits per heavy atom. The van der Waals surface area contributed by atoms with Crippen molar-refractivity contribution < 1.29 is 31.1 Å². The van der Waals surface area contributed by atoms with Gasteiger partial charge in [0.2, 0.25) is 17.6 Å². The molecule has 0 radical (unpaired) electrons. The largest absolute Gasteiger partial charge is 1.00 e. The van der Waals surface area contributed by atoms with Crippen LogP contribution in [0.3, 0.4) is 0 Å². The maximum Gasteiger partial charge on any atom is 0.373 e. The fourth-order valence-electron chi connectivity index (χ4n) is 1.59. The molecule has 0 unspecified atom stereocenters. The summed E-state index contributed by atoms with van der Waals surface area (Å²) >= 11 is 1.63. The number of benzene rings is 1. The van der Waals surface area contributed by atoms with Gasteiger partial charge in [0.25, 0.3) is 0 Å². The van der Waals surface area contributed by atoms with E-state index in [1.54, 1.807) is 17.4 Å². The number of aromatic nitrogens is 1. The highest BCUT2D eigenvalue weighted by Crippen LogP contribution is 2.17. The molecule has 0 saturated carbocycles. The zero-order valence-corrected chi connectivity index (χ0v) is 12.5. The van der Waals surface area contributed by atoms with E-state index in [0.29, 0.717) is 0 Å². The second kappa shape index (κ2) is 6.66. The molecule has 1 heterocycles. The molecule has 0 N–H and O–H groups in total. The van der Waals surface area contributed by atoms with E-state index in [9.17, 15) is 4.79 Å². The number of aryl methyl sites for hydroxylation is 1. The van der Waals surface area contributed by atoms with E-state index in [2.05, 4.69) is 19.6 Å². The molecule has 0 aliphatic carbocycles. The summed E-state index contributed by atoms with van der Waals surface area (Å²) in [6.07, 6.45) is 1.57. The van der Waals surface area contributed by atoms with Crippen LogP contribution in [0, 0.1) is 6.92 Å². The quantitative estimate of drug-likeness (QED) is 0.419. The summed E-state index contributed by atoms with van der Waals surface area (Å²) in [7, 11) is 0. The molecule has 3 nitrogen and oxygen atoms in total. The summed E-state index contributed by atoms with van der Waals surface area (Å²) in [6.45, 7) is 6.08. The van der Waals surface area contributed by atoms with Crippen LogP contribution >= 0.6 is 11.3 Å². The molecule has 96 valence electrons. The minimum atomic E-state index is -0.241. The average molecular weight is 328 g/mol. The Balaban J connectivity index is 0.00000162. The standard InChI is InChI=1S/C13H14NO2S.BrH/c1-3-6-16-13(15)8-14-9-17-12-7-10(2)4-5-11(12)14;/h3-5,7,9H,1,6,8H2,2H3;1H/q+1;/p-1. The van der Waals surface area contributed by atoms with Crippen LogP contribution in [0.15, 0.2) is 36.4 Å². The maximum atomic E-state index is 11.5. The fraction of sp³-hybridized carbons (Fsp3) is 0.231. The van der Waals surface area contributed by atoms with E-state index in [-0.39, 0.29) is 36.1 Å². The van der Waals surface area contributed by atoms with Crippen molar-refractivity contribution >= 4 is 27.5 Å². The van der Waals surface area contributed by atoms with Gasteiger partial charge in [-0.1, -0.05) is 30.1 Å². The highest BCUT2D eigenvalue weighted by Gasteiger charge is 2.16. The first kappa shape index (κ1) is 14.9. The molecule has 5 heteroatoms. The maximum absolute atomic E-state index is 11.5. The Morgan fingerprint density at radius 1 is 1.56 bits per heavy atom. The predicted octanol–water partition coefficient (Wildman–Crippen LogP) is -0.770. The smallest absolute Gasteiger partial charge is 0.373 e. The van der Waals surface area contributed by atoms with Gasteiger partial charge in [-0.2, -0.15) is 4.57 Å². The van der Waals surface area contributed by atoms with Gasteiger partial charge in [-0.05, 0) is 18.6 Å². The van der Waals surface area contributed by atoms with E-state index in [4.69, 9.17) is 4.74 Å². The summed E-state index contributed by atoms with van der Waals surface area (Å²) in [5.41, 5.74) is 4.23. The normalized spacial score (nSPS) is 9.83. The van der Waals surface area contributed by atoms with Crippen molar-refractivity contribution in [3.8, 4) is 0 Å². The first-order valence-electron chi connectivity index (χ1n) is 5.34. The summed E-state index contributed by atoms with van der Waals surface area (Å²) in [5.74, 6) is -0.241. The topological polar surface area (TPSA) is 30.2 Å². The van der Waals surface area contributed by atoms with Gasteiger partial charge in [0.1, 0.15) is 11.3 Å². The van der Waals surface area contributed by atoms with Gasteiger partial charge >= 0.3 is 5.97 Å². The van der Waals surface area contributed by atoms with E-state index in [0.717, 1.165) is 5.52 Å². The van der Waals surface area contributed by atoms with Crippen molar-refractivity contribution in [3.05, 3.63) is 41.9 Å². The molecule has 0 bridgehead atoms. The van der Waals surface area contributed by atoms with Crippen LogP contribution in [0.2, 0.25) is 0 Å². The van der Waals surface area contributed by atoms with E-state index in [1.165, 1.54) is 10.3 Å². The van der Waals surface area contributed by atoms with Gasteiger partial charge in [-0.3, -0.25) is 0 Å². The van der Waals surface area contributed by atoms with Crippen molar-refractivity contribution in [2.45, 2.75) is 13.5 Å². The zero-order valence-electron chi connectivity index (χ0n) is 10.1. The van der Waals surface area contributed by atoms with E-state index < -0.39 is 0 Å². The van der Waals surface area contributed by atoms with Gasteiger partial charge in [-0.15, -0.1) is 0 Å². The van der Waals surface area contributed by atoms with Gasteiger partial charge in [0.15, 0.2) is 0 Å². The Bertz CT molecular complexity index is 565. The van der Waals surface area contributed by atoms with Gasteiger partial charge < -0.3 is 21.7 Å². The lowest BCUT2D eigenvalue weighted by atomic mass is 10.2. The molecule has 2 aromatic rings. The Hall–Kier alpha value is -1.20. The van der Waals surface area contributed by atoms with Crippen molar-refractivity contribution in [1.82, 2.24) is 0 Å². The average Bonchev–Trinajstić information content (AvgIpc) is 2.69. The number of rotatable bonds is 4. The van der Waals surface area contributed by atoms with Crippen LogP contribution in [-0.4, -0.2) is 12.6 Å².